The van der Waals surface area contributed by atoms with E-state index in [1.54, 1.807) is 7.11 Å². The third-order valence-electron chi connectivity index (χ3n) is 1.86. The second kappa shape index (κ2) is 5.78. The number of hydrogen-bond donors (Lipinski definition) is 2. The monoisotopic (exact) mass is 245 g/mol. The summed E-state index contributed by atoms with van der Waals surface area (Å²) in [5, 5.41) is 0. The lowest BCUT2D eigenvalue weighted by molar-refractivity contribution is 0.196. The number of pyridine rings is 1. The van der Waals surface area contributed by atoms with Gasteiger partial charge in [-0.1, -0.05) is 0 Å². The summed E-state index contributed by atoms with van der Waals surface area (Å²) in [5.74, 6) is 0. The molecule has 0 unspecified atom stereocenters. The number of nitrogens with two attached hydrogens (primary N) is 1. The van der Waals surface area contributed by atoms with Gasteiger partial charge in [0.15, 0.2) is 0 Å². The van der Waals surface area contributed by atoms with Crippen LogP contribution >= 0.6 is 0 Å². The molecule has 0 atom stereocenters. The molecule has 0 bridgehead atoms. The van der Waals surface area contributed by atoms with Crippen molar-refractivity contribution in [1.29, 1.82) is 0 Å². The Morgan fingerprint density at radius 3 is 2.88 bits per heavy atom. The molecular formula is C9H15N3O3S. The fourth-order valence-electron chi connectivity index (χ4n) is 1.09. The molecule has 0 radical (unpaired) electrons. The van der Waals surface area contributed by atoms with E-state index >= 15 is 0 Å². The standard InChI is InChI=1S/C9H15N3O3S/c1-15-4-2-3-12-16(13,14)9-5-8(10)6-11-7-9/h5-7,12H,2-4,10H2,1H3. The summed E-state index contributed by atoms with van der Waals surface area (Å²) in [5.41, 5.74) is 5.78. The number of aromatic nitrogens is 1. The van der Waals surface area contributed by atoms with E-state index < -0.39 is 10.0 Å². The van der Waals surface area contributed by atoms with Crippen molar-refractivity contribution < 1.29 is 13.2 Å². The predicted octanol–water partition coefficient (Wildman–Crippen LogP) is -0.0214. The van der Waals surface area contributed by atoms with Gasteiger partial charge in [0.25, 0.3) is 0 Å². The number of hydrogen-bond acceptors (Lipinski definition) is 5. The molecule has 6 nitrogen and oxygen atoms in total. The van der Waals surface area contributed by atoms with E-state index in [0.717, 1.165) is 0 Å². The first kappa shape index (κ1) is 12.9. The van der Waals surface area contributed by atoms with Crippen LogP contribution in [0.5, 0.6) is 0 Å². The molecule has 0 aliphatic heterocycles. The van der Waals surface area contributed by atoms with E-state index in [0.29, 0.717) is 25.3 Å². The van der Waals surface area contributed by atoms with E-state index in [1.165, 1.54) is 18.5 Å². The molecule has 0 amide bonds. The van der Waals surface area contributed by atoms with Crippen molar-refractivity contribution in [3.05, 3.63) is 18.5 Å². The molecule has 90 valence electrons. The summed E-state index contributed by atoms with van der Waals surface area (Å²) >= 11 is 0. The summed E-state index contributed by atoms with van der Waals surface area (Å²) in [6.07, 6.45) is 3.27. The minimum Gasteiger partial charge on any atom is -0.397 e. The van der Waals surface area contributed by atoms with Gasteiger partial charge in [0.05, 0.1) is 5.69 Å². The highest BCUT2D eigenvalue weighted by Gasteiger charge is 2.13. The molecule has 1 aromatic rings. The Morgan fingerprint density at radius 2 is 2.25 bits per heavy atom. The van der Waals surface area contributed by atoms with Crippen molar-refractivity contribution in [2.45, 2.75) is 11.3 Å². The molecule has 0 aromatic carbocycles. The first-order valence-corrected chi connectivity index (χ1v) is 6.23. The maximum absolute atomic E-state index is 11.7. The Hall–Kier alpha value is -1.18. The summed E-state index contributed by atoms with van der Waals surface area (Å²) in [4.78, 5) is 3.80. The quantitative estimate of drug-likeness (QED) is 0.687. The highest BCUT2D eigenvalue weighted by molar-refractivity contribution is 7.89. The van der Waals surface area contributed by atoms with Gasteiger partial charge < -0.3 is 10.5 Å². The fraction of sp³-hybridized carbons (Fsp3) is 0.444. The molecule has 0 fully saturated rings. The lowest BCUT2D eigenvalue weighted by atomic mass is 10.4. The van der Waals surface area contributed by atoms with Crippen LogP contribution < -0.4 is 10.5 Å². The Bertz CT molecular complexity index is 433. The molecule has 0 saturated carbocycles. The van der Waals surface area contributed by atoms with E-state index in [1.807, 2.05) is 0 Å². The fourth-order valence-corrected chi connectivity index (χ4v) is 2.16. The Labute approximate surface area is 94.9 Å². The number of anilines is 1. The van der Waals surface area contributed by atoms with Crippen LogP contribution in [0.4, 0.5) is 5.69 Å². The van der Waals surface area contributed by atoms with Crippen molar-refractivity contribution in [3.63, 3.8) is 0 Å². The normalized spacial score (nSPS) is 11.6. The van der Waals surface area contributed by atoms with Crippen molar-refractivity contribution in [3.8, 4) is 0 Å². The lowest BCUT2D eigenvalue weighted by Gasteiger charge is -2.06. The van der Waals surface area contributed by atoms with Gasteiger partial charge >= 0.3 is 0 Å². The summed E-state index contributed by atoms with van der Waals surface area (Å²) in [6.45, 7) is 0.836. The molecule has 0 aliphatic carbocycles. The highest BCUT2D eigenvalue weighted by Crippen LogP contribution is 2.10. The summed E-state index contributed by atoms with van der Waals surface area (Å²) in [6, 6.07) is 1.37. The zero-order chi connectivity index (χ0) is 12.0. The van der Waals surface area contributed by atoms with Crippen molar-refractivity contribution in [1.82, 2.24) is 9.71 Å². The van der Waals surface area contributed by atoms with Crippen LogP contribution in [0.25, 0.3) is 0 Å². The van der Waals surface area contributed by atoms with Gasteiger partial charge in [-0.25, -0.2) is 13.1 Å². The van der Waals surface area contributed by atoms with Crippen LogP contribution in [0.15, 0.2) is 23.4 Å². The van der Waals surface area contributed by atoms with Gasteiger partial charge in [-0.05, 0) is 12.5 Å². The zero-order valence-electron chi connectivity index (χ0n) is 9.01. The largest absolute Gasteiger partial charge is 0.397 e. The second-order valence-electron chi connectivity index (χ2n) is 3.20. The van der Waals surface area contributed by atoms with Gasteiger partial charge in [-0.3, -0.25) is 4.98 Å². The molecule has 0 saturated heterocycles. The minimum absolute atomic E-state index is 0.0740. The summed E-state index contributed by atoms with van der Waals surface area (Å²) in [7, 11) is -1.95. The van der Waals surface area contributed by atoms with Gasteiger partial charge in [0, 0.05) is 32.7 Å². The van der Waals surface area contributed by atoms with Gasteiger partial charge in [-0.2, -0.15) is 0 Å². The number of methoxy groups -OCH3 is 1. The van der Waals surface area contributed by atoms with Crippen LogP contribution in [-0.2, 0) is 14.8 Å². The van der Waals surface area contributed by atoms with Crippen molar-refractivity contribution in [2.75, 3.05) is 26.0 Å². The first-order chi connectivity index (χ1) is 7.56. The third-order valence-corrected chi connectivity index (χ3v) is 3.29. The van der Waals surface area contributed by atoms with E-state index in [4.69, 9.17) is 10.5 Å². The maximum Gasteiger partial charge on any atom is 0.242 e. The number of ether oxygens (including phenoxy) is 1. The van der Waals surface area contributed by atoms with Crippen LogP contribution in [0, 0.1) is 0 Å². The van der Waals surface area contributed by atoms with Crippen LogP contribution in [0.3, 0.4) is 0 Å². The lowest BCUT2D eigenvalue weighted by Crippen LogP contribution is -2.25. The number of rotatable bonds is 6. The average Bonchev–Trinajstić information content (AvgIpc) is 2.24. The molecule has 1 heterocycles. The molecule has 3 N–H and O–H groups in total. The van der Waals surface area contributed by atoms with Crippen molar-refractivity contribution >= 4 is 15.7 Å². The average molecular weight is 245 g/mol. The topological polar surface area (TPSA) is 94.3 Å². The van der Waals surface area contributed by atoms with Gasteiger partial charge in [0.2, 0.25) is 10.0 Å². The van der Waals surface area contributed by atoms with Gasteiger partial charge in [-0.15, -0.1) is 0 Å². The van der Waals surface area contributed by atoms with Gasteiger partial charge in [0.1, 0.15) is 4.90 Å². The molecular weight excluding hydrogens is 230 g/mol. The second-order valence-corrected chi connectivity index (χ2v) is 4.97. The molecule has 1 aromatic heterocycles. The van der Waals surface area contributed by atoms with Crippen LogP contribution in [-0.4, -0.2) is 33.7 Å². The molecule has 7 heteroatoms. The highest BCUT2D eigenvalue weighted by atomic mass is 32.2. The summed E-state index contributed by atoms with van der Waals surface area (Å²) < 4.78 is 30.6. The number of nitrogens with one attached hydrogen (secondary N) is 1. The van der Waals surface area contributed by atoms with Crippen molar-refractivity contribution in [2.24, 2.45) is 0 Å². The number of sulfonamides is 1. The molecule has 0 spiro atoms. The SMILES string of the molecule is COCCCNS(=O)(=O)c1cncc(N)c1. The third kappa shape index (κ3) is 3.76. The number of nitrogen functional groups attached to an aromatic ring is 1. The molecule has 0 aliphatic rings. The first-order valence-electron chi connectivity index (χ1n) is 4.75. The van der Waals surface area contributed by atoms with E-state index in [-0.39, 0.29) is 4.90 Å². The van der Waals surface area contributed by atoms with E-state index in [2.05, 4.69) is 9.71 Å². The van der Waals surface area contributed by atoms with Crippen LogP contribution in [0.2, 0.25) is 0 Å². The van der Waals surface area contributed by atoms with Crippen LogP contribution in [0.1, 0.15) is 6.42 Å². The zero-order valence-corrected chi connectivity index (χ0v) is 9.83. The Balaban J connectivity index is 2.64. The van der Waals surface area contributed by atoms with E-state index in [9.17, 15) is 8.42 Å². The molecule has 1 rings (SSSR count). The maximum atomic E-state index is 11.7. The Morgan fingerprint density at radius 1 is 1.50 bits per heavy atom. The minimum atomic E-state index is -3.51. The number of nitrogens with zero attached hydrogens (tertiary/aromatic N) is 1. The Kier molecular flexibility index (Phi) is 4.66. The smallest absolute Gasteiger partial charge is 0.242 e. The molecule has 16 heavy (non-hydrogen) atoms. The predicted molar refractivity (Wildman–Crippen MR) is 60.3 cm³/mol.